The average molecular weight is 670 g/mol. The molecule has 0 radical (unpaired) electrons. The molecule has 51 heavy (non-hydrogen) atoms. The molecule has 240 valence electrons. The van der Waals surface area contributed by atoms with Crippen LogP contribution in [0.25, 0.3) is 79.4 Å². The molecule has 0 unspecified atom stereocenters. The van der Waals surface area contributed by atoms with Gasteiger partial charge in [0.05, 0.1) is 11.4 Å². The molecule has 0 bridgehead atoms. The first-order chi connectivity index (χ1) is 25.3. The van der Waals surface area contributed by atoms with Crippen molar-refractivity contribution in [3.63, 3.8) is 0 Å². The predicted octanol–water partition coefficient (Wildman–Crippen LogP) is 12.5. The van der Waals surface area contributed by atoms with Gasteiger partial charge < -0.3 is 0 Å². The van der Waals surface area contributed by atoms with E-state index in [2.05, 4.69) is 157 Å². The van der Waals surface area contributed by atoms with Crippen LogP contribution in [0.2, 0.25) is 0 Å². The highest BCUT2D eigenvalue weighted by molar-refractivity contribution is 7.99. The van der Waals surface area contributed by atoms with Crippen molar-refractivity contribution in [3.05, 3.63) is 187 Å². The number of pyridine rings is 1. The predicted molar refractivity (Wildman–Crippen MR) is 212 cm³/mol. The third kappa shape index (κ3) is 6.18. The van der Waals surface area contributed by atoms with Gasteiger partial charge >= 0.3 is 0 Å². The Hall–Kier alpha value is -6.36. The van der Waals surface area contributed by atoms with E-state index in [1.165, 1.54) is 32.0 Å². The van der Waals surface area contributed by atoms with Gasteiger partial charge in [0, 0.05) is 38.9 Å². The zero-order valence-corrected chi connectivity index (χ0v) is 28.5. The van der Waals surface area contributed by atoms with Gasteiger partial charge in [0.15, 0.2) is 5.82 Å². The Balaban J connectivity index is 1.21. The zero-order chi connectivity index (χ0) is 34.0. The van der Waals surface area contributed by atoms with Crippen molar-refractivity contribution in [1.29, 1.82) is 0 Å². The summed E-state index contributed by atoms with van der Waals surface area (Å²) in [4.78, 5) is 17.0. The molecule has 0 N–H and O–H groups in total. The van der Waals surface area contributed by atoms with E-state index in [4.69, 9.17) is 9.97 Å². The summed E-state index contributed by atoms with van der Waals surface area (Å²) in [5.74, 6) is 0.694. The van der Waals surface area contributed by atoms with Crippen LogP contribution in [0.5, 0.6) is 0 Å². The van der Waals surface area contributed by atoms with Crippen LogP contribution in [-0.2, 0) is 0 Å². The standard InChI is InChI=1S/C47H31N3S/c1-2-12-36(13-3-1)47-49-43(35-25-20-32(21-26-35)38-14-10-28-48-31-38)30-44(50-47)37-27-24-34-23-22-33-11-4-5-15-39(33)40-16-6-8-18-45(40)51-46-19-9-7-17-41(46)42(34)29-37/h1-31H/b23-22-. The van der Waals surface area contributed by atoms with Crippen molar-refractivity contribution < 1.29 is 0 Å². The summed E-state index contributed by atoms with van der Waals surface area (Å²) in [5.41, 5.74) is 14.1. The van der Waals surface area contributed by atoms with Crippen molar-refractivity contribution in [3.8, 4) is 67.3 Å². The molecule has 2 aromatic heterocycles. The van der Waals surface area contributed by atoms with Gasteiger partial charge in [0.2, 0.25) is 0 Å². The molecule has 0 spiro atoms. The quantitative estimate of drug-likeness (QED) is 0.187. The summed E-state index contributed by atoms with van der Waals surface area (Å²) < 4.78 is 0. The number of hydrogen-bond acceptors (Lipinski definition) is 4. The largest absolute Gasteiger partial charge is 0.264 e. The Morgan fingerprint density at radius 2 is 0.941 bits per heavy atom. The van der Waals surface area contributed by atoms with Crippen LogP contribution in [0, 0.1) is 0 Å². The molecule has 1 aliphatic rings. The molecule has 0 fully saturated rings. The fourth-order valence-corrected chi connectivity index (χ4v) is 7.77. The van der Waals surface area contributed by atoms with Gasteiger partial charge in [-0.15, -0.1) is 0 Å². The Morgan fingerprint density at radius 3 is 1.67 bits per heavy atom. The topological polar surface area (TPSA) is 38.7 Å². The molecular formula is C47H31N3S. The molecule has 1 aliphatic heterocycles. The zero-order valence-electron chi connectivity index (χ0n) is 27.6. The van der Waals surface area contributed by atoms with Crippen LogP contribution in [-0.4, -0.2) is 15.0 Å². The fraction of sp³-hybridized carbons (Fsp3) is 0. The van der Waals surface area contributed by atoms with Gasteiger partial charge in [0.1, 0.15) is 0 Å². The van der Waals surface area contributed by atoms with Crippen LogP contribution >= 0.6 is 11.8 Å². The normalized spacial score (nSPS) is 12.4. The molecule has 0 atom stereocenters. The highest BCUT2D eigenvalue weighted by Gasteiger charge is 2.17. The second-order valence-corrected chi connectivity index (χ2v) is 13.5. The van der Waals surface area contributed by atoms with Gasteiger partial charge in [-0.3, -0.25) is 4.98 Å². The van der Waals surface area contributed by atoms with Crippen molar-refractivity contribution in [2.24, 2.45) is 0 Å². The fourth-order valence-electron chi connectivity index (χ4n) is 6.66. The minimum atomic E-state index is 0.694. The minimum absolute atomic E-state index is 0.694. The number of aromatic nitrogens is 3. The molecule has 3 nitrogen and oxygen atoms in total. The molecule has 6 aromatic carbocycles. The van der Waals surface area contributed by atoms with Crippen LogP contribution in [0.1, 0.15) is 11.1 Å². The highest BCUT2D eigenvalue weighted by Crippen LogP contribution is 2.44. The molecule has 4 heteroatoms. The Kier molecular flexibility index (Phi) is 8.13. The van der Waals surface area contributed by atoms with Crippen LogP contribution in [0.4, 0.5) is 0 Å². The second-order valence-electron chi connectivity index (χ2n) is 12.5. The van der Waals surface area contributed by atoms with E-state index in [-0.39, 0.29) is 0 Å². The first-order valence-corrected chi connectivity index (χ1v) is 17.8. The van der Waals surface area contributed by atoms with Crippen molar-refractivity contribution in [2.45, 2.75) is 9.79 Å². The first-order valence-electron chi connectivity index (χ1n) is 17.0. The molecule has 0 amide bonds. The lowest BCUT2D eigenvalue weighted by Gasteiger charge is -2.15. The van der Waals surface area contributed by atoms with E-state index in [9.17, 15) is 0 Å². The van der Waals surface area contributed by atoms with E-state index in [1.807, 2.05) is 42.2 Å². The lowest BCUT2D eigenvalue weighted by Crippen LogP contribution is -1.97. The van der Waals surface area contributed by atoms with Crippen LogP contribution in [0.15, 0.2) is 186 Å². The molecule has 0 aliphatic carbocycles. The third-order valence-electron chi connectivity index (χ3n) is 9.26. The van der Waals surface area contributed by atoms with E-state index >= 15 is 0 Å². The lowest BCUT2D eigenvalue weighted by atomic mass is 9.94. The van der Waals surface area contributed by atoms with E-state index in [0.717, 1.165) is 50.3 Å². The number of fused-ring (bicyclic) bond motifs is 6. The van der Waals surface area contributed by atoms with Gasteiger partial charge in [-0.05, 0) is 74.8 Å². The summed E-state index contributed by atoms with van der Waals surface area (Å²) in [6, 6.07) is 57.7. The molecule has 8 aromatic rings. The maximum atomic E-state index is 5.18. The van der Waals surface area contributed by atoms with Gasteiger partial charge in [-0.25, -0.2) is 9.97 Å². The molecular weight excluding hydrogens is 639 g/mol. The minimum Gasteiger partial charge on any atom is -0.264 e. The summed E-state index contributed by atoms with van der Waals surface area (Å²) in [7, 11) is 0. The summed E-state index contributed by atoms with van der Waals surface area (Å²) >= 11 is 1.82. The molecule has 0 saturated carbocycles. The van der Waals surface area contributed by atoms with Crippen molar-refractivity contribution in [2.75, 3.05) is 0 Å². The average Bonchev–Trinajstić information content (AvgIpc) is 3.23. The highest BCUT2D eigenvalue weighted by atomic mass is 32.2. The van der Waals surface area contributed by atoms with Gasteiger partial charge in [-0.2, -0.15) is 0 Å². The van der Waals surface area contributed by atoms with Gasteiger partial charge in [0.25, 0.3) is 0 Å². The number of rotatable bonds is 4. The lowest BCUT2D eigenvalue weighted by molar-refractivity contribution is 1.18. The van der Waals surface area contributed by atoms with E-state index < -0.39 is 0 Å². The number of nitrogens with zero attached hydrogens (tertiary/aromatic N) is 3. The number of hydrogen-bond donors (Lipinski definition) is 0. The molecule has 3 heterocycles. The van der Waals surface area contributed by atoms with Crippen LogP contribution in [0.3, 0.4) is 0 Å². The van der Waals surface area contributed by atoms with E-state index in [1.54, 1.807) is 6.20 Å². The second kappa shape index (κ2) is 13.5. The maximum Gasteiger partial charge on any atom is 0.160 e. The van der Waals surface area contributed by atoms with Crippen LogP contribution < -0.4 is 0 Å². The Labute approximate surface area is 302 Å². The number of benzene rings is 6. The molecule has 9 rings (SSSR count). The summed E-state index contributed by atoms with van der Waals surface area (Å²) in [5, 5.41) is 0. The monoisotopic (exact) mass is 669 g/mol. The first kappa shape index (κ1) is 30.7. The smallest absolute Gasteiger partial charge is 0.160 e. The maximum absolute atomic E-state index is 5.18. The summed E-state index contributed by atoms with van der Waals surface area (Å²) in [6.45, 7) is 0. The van der Waals surface area contributed by atoms with Crippen molar-refractivity contribution >= 4 is 23.9 Å². The van der Waals surface area contributed by atoms with Gasteiger partial charge in [-0.1, -0.05) is 157 Å². The SMILES string of the molecule is C1=C\c2ccc(-c3cc(-c4ccc(-c5cccnc5)cc4)nc(-c4ccccc4)n3)cc2-c2ccccc2Sc2ccccc2-c2ccccc2/1. The van der Waals surface area contributed by atoms with E-state index in [0.29, 0.717) is 5.82 Å². The van der Waals surface area contributed by atoms with Crippen molar-refractivity contribution in [1.82, 2.24) is 15.0 Å². The Bertz CT molecular complexity index is 2540. The Morgan fingerprint density at radius 1 is 0.373 bits per heavy atom. The third-order valence-corrected chi connectivity index (χ3v) is 10.4. The molecule has 0 saturated heterocycles. The summed E-state index contributed by atoms with van der Waals surface area (Å²) in [6.07, 6.45) is 8.18.